The van der Waals surface area contributed by atoms with Crippen molar-refractivity contribution in [2.24, 2.45) is 0 Å². The molecule has 2 aromatic carbocycles. The zero-order valence-corrected chi connectivity index (χ0v) is 12.0. The summed E-state index contributed by atoms with van der Waals surface area (Å²) in [6, 6.07) is 8.33. The predicted molar refractivity (Wildman–Crippen MR) is 78.0 cm³/mol. The number of nitrogens with zero attached hydrogens (tertiary/aromatic N) is 4. The van der Waals surface area contributed by atoms with Crippen LogP contribution in [0, 0.1) is 22.7 Å². The molecule has 0 saturated heterocycles. The van der Waals surface area contributed by atoms with Gasteiger partial charge >= 0.3 is 0 Å². The van der Waals surface area contributed by atoms with Crippen LogP contribution in [0.5, 0.6) is 5.75 Å². The van der Waals surface area contributed by atoms with Crippen LogP contribution in [0.25, 0.3) is 21.8 Å². The van der Waals surface area contributed by atoms with Crippen molar-refractivity contribution in [1.82, 2.24) is 10.2 Å². The maximum Gasteiger partial charge on any atom is 0.295 e. The van der Waals surface area contributed by atoms with E-state index in [-0.39, 0.29) is 38.7 Å². The van der Waals surface area contributed by atoms with Gasteiger partial charge in [-0.1, -0.05) is 0 Å². The molecule has 0 saturated carbocycles. The van der Waals surface area contributed by atoms with Gasteiger partial charge < -0.3 is 5.11 Å². The van der Waals surface area contributed by atoms with Crippen LogP contribution < -0.4 is 0 Å². The van der Waals surface area contributed by atoms with Crippen LogP contribution in [0.15, 0.2) is 29.2 Å². The summed E-state index contributed by atoms with van der Waals surface area (Å²) in [6.07, 6.45) is 0. The van der Waals surface area contributed by atoms with Crippen molar-refractivity contribution in [3.63, 3.8) is 0 Å². The van der Waals surface area contributed by atoms with Crippen LogP contribution in [-0.4, -0.2) is 28.3 Å². The smallest absolute Gasteiger partial charge is 0.295 e. The molecular formula is C14H6N4O4S. The van der Waals surface area contributed by atoms with Crippen LogP contribution >= 0.6 is 0 Å². The van der Waals surface area contributed by atoms with Gasteiger partial charge in [0.25, 0.3) is 10.1 Å². The highest BCUT2D eigenvalue weighted by Crippen LogP contribution is 2.34. The number of hydrogen-bond acceptors (Lipinski definition) is 7. The van der Waals surface area contributed by atoms with Crippen LogP contribution in [0.2, 0.25) is 0 Å². The van der Waals surface area contributed by atoms with E-state index in [1.54, 1.807) is 0 Å². The Morgan fingerprint density at radius 1 is 1.04 bits per heavy atom. The van der Waals surface area contributed by atoms with E-state index in [4.69, 9.17) is 10.5 Å². The fourth-order valence-electron chi connectivity index (χ4n) is 2.30. The summed E-state index contributed by atoms with van der Waals surface area (Å²) in [6.45, 7) is 0. The van der Waals surface area contributed by atoms with E-state index in [1.165, 1.54) is 12.1 Å². The fraction of sp³-hybridized carbons (Fsp3) is 0. The molecule has 0 unspecified atom stereocenters. The molecule has 3 rings (SSSR count). The molecule has 0 fully saturated rings. The normalized spacial score (nSPS) is 11.3. The molecule has 9 heteroatoms. The van der Waals surface area contributed by atoms with Crippen LogP contribution in [0.4, 0.5) is 0 Å². The van der Waals surface area contributed by atoms with Crippen molar-refractivity contribution in [2.75, 3.05) is 0 Å². The van der Waals surface area contributed by atoms with E-state index in [1.807, 2.05) is 12.1 Å². The number of aromatic hydroxyl groups is 1. The number of aromatic nitrogens is 2. The predicted octanol–water partition coefficient (Wildman–Crippen LogP) is 1.48. The topological polar surface area (TPSA) is 148 Å². The monoisotopic (exact) mass is 326 g/mol. The average Bonchev–Trinajstić information content (AvgIpc) is 2.52. The Bertz CT molecular complexity index is 1170. The van der Waals surface area contributed by atoms with Crippen LogP contribution in [0.3, 0.4) is 0 Å². The molecule has 1 heterocycles. The lowest BCUT2D eigenvalue weighted by Gasteiger charge is -2.08. The second-order valence-electron chi connectivity index (χ2n) is 4.62. The van der Waals surface area contributed by atoms with E-state index in [9.17, 15) is 18.1 Å². The summed E-state index contributed by atoms with van der Waals surface area (Å²) in [7, 11) is -4.60. The van der Waals surface area contributed by atoms with Crippen LogP contribution in [0.1, 0.15) is 11.1 Å². The summed E-state index contributed by atoms with van der Waals surface area (Å²) in [5.41, 5.74) is 0.0888. The number of nitriles is 2. The lowest BCUT2D eigenvalue weighted by atomic mass is 10.0. The largest absolute Gasteiger partial charge is 0.506 e. The molecule has 3 aromatic rings. The molecule has 0 amide bonds. The van der Waals surface area contributed by atoms with Gasteiger partial charge in [0.15, 0.2) is 0 Å². The molecule has 8 nitrogen and oxygen atoms in total. The maximum absolute atomic E-state index is 11.6. The molecule has 0 bridgehead atoms. The van der Waals surface area contributed by atoms with Crippen molar-refractivity contribution in [1.29, 1.82) is 10.5 Å². The van der Waals surface area contributed by atoms with E-state index in [2.05, 4.69) is 10.2 Å². The van der Waals surface area contributed by atoms with E-state index in [0.717, 1.165) is 12.1 Å². The number of phenols is 1. The van der Waals surface area contributed by atoms with Crippen molar-refractivity contribution >= 4 is 31.9 Å². The second-order valence-corrected chi connectivity index (χ2v) is 6.01. The minimum Gasteiger partial charge on any atom is -0.506 e. The third kappa shape index (κ3) is 2.21. The quantitative estimate of drug-likeness (QED) is 0.504. The Morgan fingerprint density at radius 2 is 1.70 bits per heavy atom. The van der Waals surface area contributed by atoms with Gasteiger partial charge in [0.1, 0.15) is 28.3 Å². The first kappa shape index (κ1) is 14.7. The fourth-order valence-corrected chi connectivity index (χ4v) is 3.00. The molecule has 112 valence electrons. The average molecular weight is 326 g/mol. The Morgan fingerprint density at radius 3 is 2.30 bits per heavy atom. The summed E-state index contributed by atoms with van der Waals surface area (Å²) < 4.78 is 32.6. The molecule has 0 aliphatic rings. The minimum absolute atomic E-state index is 0.0129. The third-order valence-corrected chi connectivity index (χ3v) is 4.20. The number of rotatable bonds is 1. The molecule has 23 heavy (non-hydrogen) atoms. The lowest BCUT2D eigenvalue weighted by Crippen LogP contribution is -2.01. The van der Waals surface area contributed by atoms with Gasteiger partial charge in [0.05, 0.1) is 16.6 Å². The van der Waals surface area contributed by atoms with Gasteiger partial charge in [-0.25, -0.2) is 0 Å². The van der Waals surface area contributed by atoms with Gasteiger partial charge in [-0.3, -0.25) is 4.55 Å². The van der Waals surface area contributed by atoms with Gasteiger partial charge in [0, 0.05) is 10.8 Å². The Hall–Kier alpha value is -3.27. The Kier molecular flexibility index (Phi) is 3.11. The first-order chi connectivity index (χ1) is 10.9. The minimum atomic E-state index is -4.60. The summed E-state index contributed by atoms with van der Waals surface area (Å²) in [5.74, 6) is -0.329. The molecule has 2 N–H and O–H groups in total. The molecule has 0 spiro atoms. The van der Waals surface area contributed by atoms with E-state index < -0.39 is 15.0 Å². The number of hydrogen-bond donors (Lipinski definition) is 2. The van der Waals surface area contributed by atoms with Gasteiger partial charge in [-0.05, 0) is 24.3 Å². The van der Waals surface area contributed by atoms with Gasteiger partial charge in [-0.15, -0.1) is 10.2 Å². The van der Waals surface area contributed by atoms with Gasteiger partial charge in [0.2, 0.25) is 0 Å². The first-order valence-corrected chi connectivity index (χ1v) is 7.54. The first-order valence-electron chi connectivity index (χ1n) is 6.10. The SMILES string of the molecule is N#Cc1cc2nnc3c(O)ccc(S(=O)(=O)O)c3c2cc1C#N. The van der Waals surface area contributed by atoms with E-state index >= 15 is 0 Å². The lowest BCUT2D eigenvalue weighted by molar-refractivity contribution is 0.477. The highest BCUT2D eigenvalue weighted by Gasteiger charge is 2.20. The van der Waals surface area contributed by atoms with Crippen molar-refractivity contribution in [2.45, 2.75) is 4.90 Å². The molecule has 0 aliphatic heterocycles. The Balaban J connectivity index is 2.65. The van der Waals surface area contributed by atoms with Crippen LogP contribution in [-0.2, 0) is 10.1 Å². The zero-order chi connectivity index (χ0) is 16.8. The highest BCUT2D eigenvalue weighted by atomic mass is 32.2. The number of phenolic OH excluding ortho intramolecular Hbond substituents is 1. The summed E-state index contributed by atoms with van der Waals surface area (Å²) in [4.78, 5) is -0.473. The number of fused-ring (bicyclic) bond motifs is 3. The molecule has 0 radical (unpaired) electrons. The molecular weight excluding hydrogens is 320 g/mol. The zero-order valence-electron chi connectivity index (χ0n) is 11.2. The second kappa shape index (κ2) is 4.88. The molecule has 1 aromatic heterocycles. The highest BCUT2D eigenvalue weighted by molar-refractivity contribution is 7.86. The van der Waals surface area contributed by atoms with E-state index in [0.29, 0.717) is 0 Å². The third-order valence-electron chi connectivity index (χ3n) is 3.30. The van der Waals surface area contributed by atoms with Crippen molar-refractivity contribution in [3.8, 4) is 17.9 Å². The van der Waals surface area contributed by atoms with Crippen molar-refractivity contribution in [3.05, 3.63) is 35.4 Å². The summed E-state index contributed by atoms with van der Waals surface area (Å²) >= 11 is 0. The van der Waals surface area contributed by atoms with Gasteiger partial charge in [-0.2, -0.15) is 18.9 Å². The maximum atomic E-state index is 11.6. The standard InChI is InChI=1S/C14H6N4O4S/c15-5-7-3-9-10(4-8(7)6-16)17-18-14-11(19)1-2-12(13(9)14)23(20,21)22/h1-4,19H,(H,20,21,22). The van der Waals surface area contributed by atoms with Crippen molar-refractivity contribution < 1.29 is 18.1 Å². The Labute approximate surface area is 129 Å². The number of benzene rings is 2. The summed E-state index contributed by atoms with van der Waals surface area (Å²) in [5, 5.41) is 35.7. The molecule has 0 aliphatic carbocycles. The molecule has 0 atom stereocenters.